The maximum Gasteiger partial charge on any atom is 0.231 e. The van der Waals surface area contributed by atoms with Crippen LogP contribution >= 0.6 is 0 Å². The Kier molecular flexibility index (Phi) is 3.30. The number of ether oxygens (including phenoxy) is 2. The number of aryl methyl sites for hydroxylation is 1. The molecule has 3 heteroatoms. The fourth-order valence-corrected chi connectivity index (χ4v) is 2.43. The van der Waals surface area contributed by atoms with E-state index < -0.39 is 0 Å². The van der Waals surface area contributed by atoms with Crippen molar-refractivity contribution < 1.29 is 9.47 Å². The second-order valence-corrected chi connectivity index (χ2v) is 4.92. The summed E-state index contributed by atoms with van der Waals surface area (Å²) >= 11 is 0. The van der Waals surface area contributed by atoms with Crippen LogP contribution in [0.4, 0.5) is 0 Å². The molecule has 100 valence electrons. The van der Waals surface area contributed by atoms with Crippen LogP contribution in [0.15, 0.2) is 42.5 Å². The zero-order valence-electron chi connectivity index (χ0n) is 11.3. The van der Waals surface area contributed by atoms with Crippen molar-refractivity contribution in [1.82, 2.24) is 0 Å². The van der Waals surface area contributed by atoms with Crippen molar-refractivity contribution in [2.45, 2.75) is 19.3 Å². The smallest absolute Gasteiger partial charge is 0.231 e. The van der Waals surface area contributed by atoms with Crippen molar-refractivity contribution in [3.05, 3.63) is 59.2 Å². The lowest BCUT2D eigenvalue weighted by Gasteiger charge is -2.12. The average Bonchev–Trinajstić information content (AvgIpc) is 2.94. The molecule has 1 aliphatic heterocycles. The second kappa shape index (κ2) is 5.26. The molecule has 20 heavy (non-hydrogen) atoms. The van der Waals surface area contributed by atoms with Crippen molar-refractivity contribution in [3.8, 4) is 17.6 Å². The van der Waals surface area contributed by atoms with E-state index in [0.29, 0.717) is 6.42 Å². The predicted octanol–water partition coefficient (Wildman–Crippen LogP) is 3.57. The third-order valence-electron chi connectivity index (χ3n) is 3.64. The van der Waals surface area contributed by atoms with Crippen LogP contribution in [0.2, 0.25) is 0 Å². The molecule has 1 unspecified atom stereocenters. The summed E-state index contributed by atoms with van der Waals surface area (Å²) in [6.45, 7) is 2.33. The van der Waals surface area contributed by atoms with Crippen LogP contribution in [0.5, 0.6) is 11.5 Å². The van der Waals surface area contributed by atoms with E-state index in [1.807, 2.05) is 30.3 Å². The van der Waals surface area contributed by atoms with Crippen LogP contribution in [0, 0.1) is 18.3 Å². The number of rotatable bonds is 3. The van der Waals surface area contributed by atoms with E-state index in [1.54, 1.807) is 0 Å². The molecule has 0 fully saturated rings. The Bertz CT molecular complexity index is 673. The van der Waals surface area contributed by atoms with E-state index in [-0.39, 0.29) is 12.7 Å². The molecule has 0 amide bonds. The molecule has 2 aromatic rings. The molecule has 2 aromatic carbocycles. The molecule has 1 aliphatic rings. The van der Waals surface area contributed by atoms with Gasteiger partial charge in [-0.05, 0) is 42.2 Å². The summed E-state index contributed by atoms with van der Waals surface area (Å²) in [5, 5.41) is 9.46. The van der Waals surface area contributed by atoms with Crippen molar-refractivity contribution in [2.75, 3.05) is 6.79 Å². The molecule has 0 saturated carbocycles. The SMILES string of the molecule is Cc1ccccc1CC(C#N)c1ccc2c(c1)OCO2. The van der Waals surface area contributed by atoms with Crippen molar-refractivity contribution in [1.29, 1.82) is 5.26 Å². The second-order valence-electron chi connectivity index (χ2n) is 4.92. The topological polar surface area (TPSA) is 42.2 Å². The summed E-state index contributed by atoms with van der Waals surface area (Å²) < 4.78 is 10.7. The largest absolute Gasteiger partial charge is 0.454 e. The van der Waals surface area contributed by atoms with E-state index in [1.165, 1.54) is 11.1 Å². The van der Waals surface area contributed by atoms with Crippen LogP contribution in [-0.2, 0) is 6.42 Å². The van der Waals surface area contributed by atoms with Gasteiger partial charge in [0.15, 0.2) is 11.5 Å². The van der Waals surface area contributed by atoms with Crippen molar-refractivity contribution >= 4 is 0 Å². The van der Waals surface area contributed by atoms with Gasteiger partial charge in [0.25, 0.3) is 0 Å². The highest BCUT2D eigenvalue weighted by atomic mass is 16.7. The van der Waals surface area contributed by atoms with E-state index in [4.69, 9.17) is 9.47 Å². The molecule has 0 aromatic heterocycles. The number of benzene rings is 2. The van der Waals surface area contributed by atoms with Crippen LogP contribution in [0.25, 0.3) is 0 Å². The standard InChI is InChI=1S/C17H15NO2/c1-12-4-2-3-5-13(12)8-15(10-18)14-6-7-16-17(9-14)20-11-19-16/h2-7,9,15H,8,11H2,1H3. The Hall–Kier alpha value is -2.47. The lowest BCUT2D eigenvalue weighted by Crippen LogP contribution is -2.02. The van der Waals surface area contributed by atoms with Gasteiger partial charge in [-0.1, -0.05) is 30.3 Å². The monoisotopic (exact) mass is 265 g/mol. The molecule has 0 aliphatic carbocycles. The molecule has 0 N–H and O–H groups in total. The van der Waals surface area contributed by atoms with Gasteiger partial charge in [0.05, 0.1) is 12.0 Å². The lowest BCUT2D eigenvalue weighted by molar-refractivity contribution is 0.174. The van der Waals surface area contributed by atoms with Gasteiger partial charge in [-0.15, -0.1) is 0 Å². The third-order valence-corrected chi connectivity index (χ3v) is 3.64. The first-order valence-corrected chi connectivity index (χ1v) is 6.61. The molecular weight excluding hydrogens is 250 g/mol. The zero-order valence-corrected chi connectivity index (χ0v) is 11.3. The Morgan fingerprint density at radius 3 is 2.75 bits per heavy atom. The van der Waals surface area contributed by atoms with Crippen LogP contribution in [0.3, 0.4) is 0 Å². The first-order chi connectivity index (χ1) is 9.78. The van der Waals surface area contributed by atoms with Gasteiger partial charge in [0.1, 0.15) is 0 Å². The first kappa shape index (κ1) is 12.6. The van der Waals surface area contributed by atoms with Crippen molar-refractivity contribution in [3.63, 3.8) is 0 Å². The molecule has 1 heterocycles. The van der Waals surface area contributed by atoms with E-state index in [0.717, 1.165) is 17.1 Å². The number of nitriles is 1. The summed E-state index contributed by atoms with van der Waals surface area (Å²) in [6.07, 6.45) is 0.711. The molecule has 1 atom stereocenters. The highest BCUT2D eigenvalue weighted by Gasteiger charge is 2.18. The lowest BCUT2D eigenvalue weighted by atomic mass is 9.91. The van der Waals surface area contributed by atoms with Gasteiger partial charge in [-0.25, -0.2) is 0 Å². The molecule has 0 spiro atoms. The van der Waals surface area contributed by atoms with Crippen LogP contribution in [0.1, 0.15) is 22.6 Å². The van der Waals surface area contributed by atoms with Crippen LogP contribution < -0.4 is 9.47 Å². The summed E-state index contributed by atoms with van der Waals surface area (Å²) in [4.78, 5) is 0. The van der Waals surface area contributed by atoms with Gasteiger partial charge >= 0.3 is 0 Å². The average molecular weight is 265 g/mol. The van der Waals surface area contributed by atoms with Gasteiger partial charge in [-0.3, -0.25) is 0 Å². The van der Waals surface area contributed by atoms with Gasteiger partial charge in [0.2, 0.25) is 6.79 Å². The predicted molar refractivity (Wildman–Crippen MR) is 75.8 cm³/mol. The highest BCUT2D eigenvalue weighted by molar-refractivity contribution is 5.47. The number of hydrogen-bond acceptors (Lipinski definition) is 3. The van der Waals surface area contributed by atoms with E-state index in [2.05, 4.69) is 25.1 Å². The maximum absolute atomic E-state index is 9.46. The normalized spacial score (nSPS) is 13.8. The fourth-order valence-electron chi connectivity index (χ4n) is 2.43. The Morgan fingerprint density at radius 1 is 1.15 bits per heavy atom. The molecule has 0 saturated heterocycles. The zero-order chi connectivity index (χ0) is 13.9. The molecular formula is C17H15NO2. The summed E-state index contributed by atoms with van der Waals surface area (Å²) in [6, 6.07) is 16.3. The summed E-state index contributed by atoms with van der Waals surface area (Å²) in [5.74, 6) is 1.31. The quantitative estimate of drug-likeness (QED) is 0.852. The maximum atomic E-state index is 9.46. The Balaban J connectivity index is 1.87. The molecule has 3 nitrogen and oxygen atoms in total. The minimum Gasteiger partial charge on any atom is -0.454 e. The Labute approximate surface area is 118 Å². The van der Waals surface area contributed by atoms with Gasteiger partial charge in [-0.2, -0.15) is 5.26 Å². The molecule has 0 bridgehead atoms. The van der Waals surface area contributed by atoms with E-state index >= 15 is 0 Å². The number of fused-ring (bicyclic) bond motifs is 1. The number of nitrogens with zero attached hydrogens (tertiary/aromatic N) is 1. The molecule has 0 radical (unpaired) electrons. The summed E-state index contributed by atoms with van der Waals surface area (Å²) in [7, 11) is 0. The minimum atomic E-state index is -0.175. The van der Waals surface area contributed by atoms with Gasteiger partial charge in [0, 0.05) is 0 Å². The molecule has 3 rings (SSSR count). The van der Waals surface area contributed by atoms with Crippen molar-refractivity contribution in [2.24, 2.45) is 0 Å². The number of hydrogen-bond donors (Lipinski definition) is 0. The van der Waals surface area contributed by atoms with Gasteiger partial charge < -0.3 is 9.47 Å². The highest BCUT2D eigenvalue weighted by Crippen LogP contribution is 2.35. The minimum absolute atomic E-state index is 0.175. The Morgan fingerprint density at radius 2 is 1.95 bits per heavy atom. The van der Waals surface area contributed by atoms with Crippen LogP contribution in [-0.4, -0.2) is 6.79 Å². The summed E-state index contributed by atoms with van der Waals surface area (Å²) in [5.41, 5.74) is 3.39. The van der Waals surface area contributed by atoms with E-state index in [9.17, 15) is 5.26 Å². The first-order valence-electron chi connectivity index (χ1n) is 6.61. The fraction of sp³-hybridized carbons (Fsp3) is 0.235. The third kappa shape index (κ3) is 2.33.